The number of phenolic OH excluding ortho intramolecular Hbond substituents is 1. The van der Waals surface area contributed by atoms with Crippen LogP contribution in [0.1, 0.15) is 66.6 Å². The number of hydrogen-bond donors (Lipinski definition) is 3. The Morgan fingerprint density at radius 2 is 1.71 bits per heavy atom. The van der Waals surface area contributed by atoms with Gasteiger partial charge in [0.2, 0.25) is 5.95 Å². The summed E-state index contributed by atoms with van der Waals surface area (Å²) in [5, 5.41) is 23.1. The van der Waals surface area contributed by atoms with Crippen molar-refractivity contribution in [2.24, 2.45) is 23.7 Å². The van der Waals surface area contributed by atoms with Crippen LogP contribution >= 0.6 is 0 Å². The third-order valence-corrected chi connectivity index (χ3v) is 10.4. The molecule has 1 spiro atoms. The van der Waals surface area contributed by atoms with Gasteiger partial charge in [-0.05, 0) is 92.4 Å². The lowest BCUT2D eigenvalue weighted by Crippen LogP contribution is -2.70. The van der Waals surface area contributed by atoms with Crippen molar-refractivity contribution in [2.75, 3.05) is 24.7 Å². The minimum absolute atomic E-state index is 0.0533. The van der Waals surface area contributed by atoms with Crippen LogP contribution in [0.4, 0.5) is 24.8 Å². The van der Waals surface area contributed by atoms with Crippen molar-refractivity contribution < 1.29 is 37.7 Å². The molecule has 8 rings (SSSR count). The van der Waals surface area contributed by atoms with E-state index in [-0.39, 0.29) is 23.5 Å². The molecule has 1 amide bonds. The maximum absolute atomic E-state index is 14.4. The number of nitrogens with zero attached hydrogens (tertiary/aromatic N) is 3. The van der Waals surface area contributed by atoms with Gasteiger partial charge in [0.25, 0.3) is 5.91 Å². The van der Waals surface area contributed by atoms with Crippen molar-refractivity contribution in [1.29, 1.82) is 0 Å². The number of carbonyl (C=O) groups is 2. The normalized spacial score (nSPS) is 31.3. The second kappa shape index (κ2) is 9.04. The summed E-state index contributed by atoms with van der Waals surface area (Å²) in [6, 6.07) is 4.73. The summed E-state index contributed by atoms with van der Waals surface area (Å²) < 4.78 is 48.8. The average molecular weight is 573 g/mol. The van der Waals surface area contributed by atoms with E-state index in [0.717, 1.165) is 18.2 Å². The molecule has 41 heavy (non-hydrogen) atoms. The Hall–Kier alpha value is -3.41. The van der Waals surface area contributed by atoms with Crippen LogP contribution in [0.3, 0.4) is 0 Å². The highest BCUT2D eigenvalue weighted by molar-refractivity contribution is 5.99. The number of carboxylic acids is 1. The summed E-state index contributed by atoms with van der Waals surface area (Å²) in [6.07, 6.45) is 0.769. The number of carboxylic acid groups (broad SMARTS) is 1. The van der Waals surface area contributed by atoms with E-state index >= 15 is 0 Å². The van der Waals surface area contributed by atoms with Crippen LogP contribution < -0.4 is 10.2 Å². The molecule has 3 heterocycles. The van der Waals surface area contributed by atoms with E-state index in [1.54, 1.807) is 17.0 Å². The third-order valence-electron chi connectivity index (χ3n) is 10.4. The van der Waals surface area contributed by atoms with Gasteiger partial charge in [0.05, 0.1) is 5.56 Å². The smallest absolute Gasteiger partial charge is 0.434 e. The van der Waals surface area contributed by atoms with Crippen LogP contribution in [0.15, 0.2) is 24.4 Å². The number of aromatic hydroxyl groups is 1. The molecule has 4 saturated carbocycles. The summed E-state index contributed by atoms with van der Waals surface area (Å²) in [5.41, 5.74) is -2.85. The molecule has 3 N–H and O–H groups in total. The topological polar surface area (TPSA) is 125 Å². The second-order valence-electron chi connectivity index (χ2n) is 12.5. The molecule has 0 atom stereocenters. The molecular formula is C29H31F3N4O5. The monoisotopic (exact) mass is 572 g/mol. The quantitative estimate of drug-likeness (QED) is 0.492. The van der Waals surface area contributed by atoms with E-state index in [1.807, 2.05) is 0 Å². The largest absolute Gasteiger partial charge is 0.508 e. The van der Waals surface area contributed by atoms with Gasteiger partial charge >= 0.3 is 12.1 Å². The van der Waals surface area contributed by atoms with Crippen LogP contribution in [0.5, 0.6) is 5.75 Å². The van der Waals surface area contributed by atoms with Gasteiger partial charge in [0, 0.05) is 37.1 Å². The van der Waals surface area contributed by atoms with Gasteiger partial charge in [-0.15, -0.1) is 0 Å². The Bertz CT molecular complexity index is 1400. The van der Waals surface area contributed by atoms with E-state index in [9.17, 15) is 33.0 Å². The number of ether oxygens (including phenoxy) is 1. The Morgan fingerprint density at radius 1 is 1.05 bits per heavy atom. The Morgan fingerprint density at radius 3 is 2.32 bits per heavy atom. The highest BCUT2D eigenvalue weighted by Gasteiger charge is 2.62. The van der Waals surface area contributed by atoms with Gasteiger partial charge in [0.1, 0.15) is 11.3 Å². The number of alkyl halides is 3. The molecule has 5 fully saturated rings. The van der Waals surface area contributed by atoms with Gasteiger partial charge in [-0.3, -0.25) is 4.79 Å². The number of aromatic nitrogens is 2. The highest BCUT2D eigenvalue weighted by Crippen LogP contribution is 2.58. The molecule has 1 aromatic carbocycles. The van der Waals surface area contributed by atoms with Crippen molar-refractivity contribution in [3.05, 3.63) is 41.2 Å². The molecule has 0 radical (unpaired) electrons. The number of benzene rings is 1. The first-order valence-electron chi connectivity index (χ1n) is 14.2. The number of amides is 1. The third kappa shape index (κ3) is 4.00. The van der Waals surface area contributed by atoms with Crippen LogP contribution in [0.2, 0.25) is 0 Å². The lowest BCUT2D eigenvalue weighted by Gasteiger charge is -2.59. The molecule has 2 aromatic rings. The molecule has 1 saturated heterocycles. The van der Waals surface area contributed by atoms with Crippen LogP contribution in [0, 0.1) is 23.7 Å². The molecule has 0 unspecified atom stereocenters. The predicted octanol–water partition coefficient (Wildman–Crippen LogP) is 4.41. The Kier molecular flexibility index (Phi) is 5.84. The van der Waals surface area contributed by atoms with E-state index in [0.29, 0.717) is 75.8 Å². The van der Waals surface area contributed by atoms with Crippen LogP contribution in [-0.4, -0.2) is 57.4 Å². The van der Waals surface area contributed by atoms with Crippen molar-refractivity contribution in [2.45, 2.75) is 62.1 Å². The maximum Gasteiger partial charge on any atom is 0.434 e. The number of anilines is 2. The fourth-order valence-electron chi connectivity index (χ4n) is 8.70. The summed E-state index contributed by atoms with van der Waals surface area (Å²) in [4.78, 5) is 35.9. The number of halogens is 3. The lowest BCUT2D eigenvalue weighted by molar-refractivity contribution is -0.163. The summed E-state index contributed by atoms with van der Waals surface area (Å²) in [7, 11) is 0. The number of aliphatic carboxylic acids is 1. The Balaban J connectivity index is 1.25. The average Bonchev–Trinajstić information content (AvgIpc) is 3.22. The first-order chi connectivity index (χ1) is 19.5. The summed E-state index contributed by atoms with van der Waals surface area (Å²) >= 11 is 0. The van der Waals surface area contributed by atoms with Crippen LogP contribution in [0.25, 0.3) is 0 Å². The Labute approximate surface area is 234 Å². The molecular weight excluding hydrogens is 541 g/mol. The second-order valence-corrected chi connectivity index (χ2v) is 12.5. The van der Waals surface area contributed by atoms with E-state index in [1.165, 1.54) is 6.07 Å². The van der Waals surface area contributed by atoms with Gasteiger partial charge in [-0.25, -0.2) is 14.8 Å². The fraction of sp³-hybridized carbons (Fsp3) is 0.586. The highest BCUT2D eigenvalue weighted by atomic mass is 19.4. The summed E-state index contributed by atoms with van der Waals surface area (Å²) in [6.45, 7) is 1.25. The number of nitrogens with one attached hydrogen (secondary N) is 1. The van der Waals surface area contributed by atoms with Gasteiger partial charge < -0.3 is 25.2 Å². The zero-order valence-corrected chi connectivity index (χ0v) is 22.3. The number of hydrogen-bond acceptors (Lipinski definition) is 7. The van der Waals surface area contributed by atoms with Crippen molar-refractivity contribution >= 4 is 23.5 Å². The fourth-order valence-corrected chi connectivity index (χ4v) is 8.70. The minimum atomic E-state index is -4.99. The molecule has 12 heteroatoms. The number of carbonyl (C=O) groups excluding carboxylic acids is 1. The zero-order chi connectivity index (χ0) is 28.7. The van der Waals surface area contributed by atoms with Gasteiger partial charge in [-0.1, -0.05) is 0 Å². The van der Waals surface area contributed by atoms with E-state index in [2.05, 4.69) is 15.3 Å². The zero-order valence-electron chi connectivity index (χ0n) is 22.3. The minimum Gasteiger partial charge on any atom is -0.508 e. The van der Waals surface area contributed by atoms with Gasteiger partial charge in [-0.2, -0.15) is 13.2 Å². The molecule has 1 aromatic heterocycles. The van der Waals surface area contributed by atoms with Crippen LogP contribution in [-0.2, 0) is 21.1 Å². The summed E-state index contributed by atoms with van der Waals surface area (Å²) in [5.74, 6) is -2.30. The maximum atomic E-state index is 14.4. The van der Waals surface area contributed by atoms with Crippen molar-refractivity contribution in [1.82, 2.24) is 15.3 Å². The van der Waals surface area contributed by atoms with Crippen molar-refractivity contribution in [3.63, 3.8) is 0 Å². The first kappa shape index (κ1) is 26.5. The molecule has 4 bridgehead atoms. The number of rotatable bonds is 4. The first-order valence-corrected chi connectivity index (χ1v) is 14.2. The lowest BCUT2D eigenvalue weighted by atomic mass is 9.48. The molecule has 2 aliphatic heterocycles. The van der Waals surface area contributed by atoms with E-state index in [4.69, 9.17) is 4.74 Å². The standard InChI is InChI=1S/C29H31F3N4O5/c30-29(31,32)23-20(24(38)35-28(25(39)40)17-8-15-7-16(10-17)11-18(28)9-15)13-33-26(34-23)36-14-27(3-5-41-6-4-27)21-12-19(37)1-2-22(21)36/h1-2,12-13,15-18,37H,3-11,14H2,(H,35,38)(H,39,40). The van der Waals surface area contributed by atoms with Crippen molar-refractivity contribution in [3.8, 4) is 5.75 Å². The molecule has 6 aliphatic rings. The number of fused-ring (bicyclic) bond motifs is 2. The van der Waals surface area contributed by atoms with E-state index < -0.39 is 40.3 Å². The SMILES string of the molecule is O=C(NC1(C(=O)O)C2CC3CC(C2)CC1C3)c1cnc(N2CC3(CCOCC3)c3cc(O)ccc32)nc1C(F)(F)F. The molecule has 9 nitrogen and oxygen atoms in total. The predicted molar refractivity (Wildman–Crippen MR) is 139 cm³/mol. The molecule has 218 valence electrons. The number of phenols is 1. The molecule has 4 aliphatic carbocycles. The van der Waals surface area contributed by atoms with Gasteiger partial charge in [0.15, 0.2) is 5.69 Å².